The quantitative estimate of drug-likeness (QED) is 0.898. The highest BCUT2D eigenvalue weighted by Crippen LogP contribution is 2.23. The Morgan fingerprint density at radius 3 is 2.29 bits per heavy atom. The number of likely N-dealkylation sites (N-methyl/N-ethyl adjacent to an activating group) is 1. The number of hydrogen-bond donors (Lipinski definition) is 1. The summed E-state index contributed by atoms with van der Waals surface area (Å²) >= 11 is 0. The second-order valence-electron chi connectivity index (χ2n) is 5.43. The Hall–Kier alpha value is -1.87. The lowest BCUT2D eigenvalue weighted by Crippen LogP contribution is -2.29. The molecule has 2 aromatic rings. The smallest absolute Gasteiger partial charge is 0.146 e. The van der Waals surface area contributed by atoms with E-state index in [9.17, 15) is 9.50 Å². The normalized spacial score (nSPS) is 12.2. The average molecular weight is 287 g/mol. The number of rotatable bonds is 5. The number of aliphatic hydroxyl groups excluding tert-OH is 1. The van der Waals surface area contributed by atoms with Crippen molar-refractivity contribution in [1.82, 2.24) is 0 Å². The number of nitrogens with zero attached hydrogens (tertiary/aromatic N) is 1. The van der Waals surface area contributed by atoms with E-state index in [0.717, 1.165) is 16.7 Å². The Balaban J connectivity index is 2.20. The third kappa shape index (κ3) is 3.82. The maximum Gasteiger partial charge on any atom is 0.146 e. The zero-order valence-corrected chi connectivity index (χ0v) is 12.8. The van der Waals surface area contributed by atoms with E-state index in [2.05, 4.69) is 6.07 Å². The minimum atomic E-state index is -0.636. The molecule has 0 saturated heterocycles. The molecule has 1 atom stereocenters. The maximum atomic E-state index is 13.9. The monoisotopic (exact) mass is 287 g/mol. The van der Waals surface area contributed by atoms with Gasteiger partial charge in [-0.15, -0.1) is 0 Å². The molecule has 0 fully saturated rings. The van der Waals surface area contributed by atoms with Crippen LogP contribution in [0.25, 0.3) is 0 Å². The highest BCUT2D eigenvalue weighted by Gasteiger charge is 2.16. The molecule has 0 heterocycles. The van der Waals surface area contributed by atoms with Crippen LogP contribution >= 0.6 is 0 Å². The van der Waals surface area contributed by atoms with Crippen molar-refractivity contribution in [2.24, 2.45) is 0 Å². The van der Waals surface area contributed by atoms with Crippen molar-refractivity contribution in [1.29, 1.82) is 0 Å². The van der Waals surface area contributed by atoms with Crippen molar-refractivity contribution in [2.45, 2.75) is 26.9 Å². The van der Waals surface area contributed by atoms with E-state index < -0.39 is 6.10 Å². The standard InChI is InChI=1S/C18H22FNO/c1-4-20(17-8-6-5-7-16(17)19)12-18(21)15-10-13(2)9-14(3)11-15/h5-11,18,21H,4,12H2,1-3H3. The zero-order valence-electron chi connectivity index (χ0n) is 12.8. The zero-order chi connectivity index (χ0) is 15.4. The van der Waals surface area contributed by atoms with Crippen LogP contribution in [0.5, 0.6) is 0 Å². The molecule has 0 aliphatic heterocycles. The molecule has 2 rings (SSSR count). The minimum Gasteiger partial charge on any atom is -0.387 e. The van der Waals surface area contributed by atoms with Crippen molar-refractivity contribution in [3.63, 3.8) is 0 Å². The molecule has 0 radical (unpaired) electrons. The van der Waals surface area contributed by atoms with Crippen LogP contribution in [0.15, 0.2) is 42.5 Å². The molecule has 0 bridgehead atoms. The summed E-state index contributed by atoms with van der Waals surface area (Å²) in [7, 11) is 0. The molecular formula is C18H22FNO. The average Bonchev–Trinajstić information content (AvgIpc) is 2.44. The van der Waals surface area contributed by atoms with Gasteiger partial charge in [0.15, 0.2) is 0 Å². The number of hydrogen-bond acceptors (Lipinski definition) is 2. The van der Waals surface area contributed by atoms with E-state index in [1.165, 1.54) is 6.07 Å². The van der Waals surface area contributed by atoms with Crippen molar-refractivity contribution in [3.8, 4) is 0 Å². The van der Waals surface area contributed by atoms with Crippen molar-refractivity contribution in [3.05, 3.63) is 65.0 Å². The fraction of sp³-hybridized carbons (Fsp3) is 0.333. The second-order valence-corrected chi connectivity index (χ2v) is 5.43. The van der Waals surface area contributed by atoms with Gasteiger partial charge in [0.2, 0.25) is 0 Å². The summed E-state index contributed by atoms with van der Waals surface area (Å²) in [5, 5.41) is 10.5. The van der Waals surface area contributed by atoms with Gasteiger partial charge in [-0.1, -0.05) is 41.5 Å². The molecule has 1 N–H and O–H groups in total. The SMILES string of the molecule is CCN(CC(O)c1cc(C)cc(C)c1)c1ccccc1F. The van der Waals surface area contributed by atoms with E-state index >= 15 is 0 Å². The van der Waals surface area contributed by atoms with E-state index in [4.69, 9.17) is 0 Å². The number of anilines is 1. The molecule has 21 heavy (non-hydrogen) atoms. The van der Waals surface area contributed by atoms with Gasteiger partial charge in [0.05, 0.1) is 11.8 Å². The largest absolute Gasteiger partial charge is 0.387 e. The first kappa shape index (κ1) is 15.5. The topological polar surface area (TPSA) is 23.5 Å². The first-order chi connectivity index (χ1) is 10.0. The van der Waals surface area contributed by atoms with E-state index in [1.54, 1.807) is 12.1 Å². The van der Waals surface area contributed by atoms with Crippen LogP contribution in [0.3, 0.4) is 0 Å². The number of para-hydroxylation sites is 1. The highest BCUT2D eigenvalue weighted by atomic mass is 19.1. The predicted molar refractivity (Wildman–Crippen MR) is 85.2 cm³/mol. The van der Waals surface area contributed by atoms with Crippen LogP contribution in [-0.2, 0) is 0 Å². The van der Waals surface area contributed by atoms with Gasteiger partial charge in [-0.2, -0.15) is 0 Å². The molecule has 0 amide bonds. The minimum absolute atomic E-state index is 0.257. The number of aryl methyl sites for hydroxylation is 2. The van der Waals surface area contributed by atoms with E-state index in [-0.39, 0.29) is 5.82 Å². The summed E-state index contributed by atoms with van der Waals surface area (Å²) in [6.07, 6.45) is -0.636. The van der Waals surface area contributed by atoms with Crippen LogP contribution in [0.4, 0.5) is 10.1 Å². The number of benzene rings is 2. The maximum absolute atomic E-state index is 13.9. The summed E-state index contributed by atoms with van der Waals surface area (Å²) in [5.74, 6) is -0.257. The van der Waals surface area contributed by atoms with Gasteiger partial charge < -0.3 is 10.0 Å². The Morgan fingerprint density at radius 1 is 1.10 bits per heavy atom. The molecule has 0 saturated carbocycles. The molecule has 0 aliphatic rings. The first-order valence-corrected chi connectivity index (χ1v) is 7.27. The molecule has 2 nitrogen and oxygen atoms in total. The summed E-state index contributed by atoms with van der Waals surface area (Å²) < 4.78 is 13.9. The summed E-state index contributed by atoms with van der Waals surface area (Å²) in [6, 6.07) is 12.7. The Morgan fingerprint density at radius 2 is 1.71 bits per heavy atom. The lowest BCUT2D eigenvalue weighted by atomic mass is 10.0. The summed E-state index contributed by atoms with van der Waals surface area (Å²) in [5.41, 5.74) is 3.65. The fourth-order valence-corrected chi connectivity index (χ4v) is 2.62. The van der Waals surface area contributed by atoms with Gasteiger partial charge in [0, 0.05) is 13.1 Å². The van der Waals surface area contributed by atoms with Gasteiger partial charge in [0.25, 0.3) is 0 Å². The molecule has 0 aromatic heterocycles. The molecule has 2 aromatic carbocycles. The predicted octanol–water partition coefficient (Wildman–Crippen LogP) is 4.00. The lowest BCUT2D eigenvalue weighted by Gasteiger charge is -2.26. The van der Waals surface area contributed by atoms with E-state index in [1.807, 2.05) is 43.9 Å². The van der Waals surface area contributed by atoms with Gasteiger partial charge in [-0.3, -0.25) is 0 Å². The van der Waals surface area contributed by atoms with E-state index in [0.29, 0.717) is 18.8 Å². The van der Waals surface area contributed by atoms with Crippen LogP contribution in [-0.4, -0.2) is 18.2 Å². The van der Waals surface area contributed by atoms with Crippen LogP contribution in [0.2, 0.25) is 0 Å². The molecule has 1 unspecified atom stereocenters. The third-order valence-corrected chi connectivity index (χ3v) is 3.60. The van der Waals surface area contributed by atoms with Crippen molar-refractivity contribution < 1.29 is 9.50 Å². The van der Waals surface area contributed by atoms with Crippen molar-refractivity contribution in [2.75, 3.05) is 18.0 Å². The molecule has 3 heteroatoms. The molecule has 0 aliphatic carbocycles. The number of halogens is 1. The molecule has 0 spiro atoms. The third-order valence-electron chi connectivity index (χ3n) is 3.60. The lowest BCUT2D eigenvalue weighted by molar-refractivity contribution is 0.183. The van der Waals surface area contributed by atoms with Crippen LogP contribution in [0, 0.1) is 19.7 Å². The Kier molecular flexibility index (Phi) is 4.97. The Bertz CT molecular complexity index is 592. The molecule has 112 valence electrons. The first-order valence-electron chi connectivity index (χ1n) is 7.27. The number of aliphatic hydroxyl groups is 1. The van der Waals surface area contributed by atoms with Crippen LogP contribution < -0.4 is 4.90 Å². The summed E-state index contributed by atoms with van der Waals surface area (Å²) in [6.45, 7) is 7.00. The summed E-state index contributed by atoms with van der Waals surface area (Å²) in [4.78, 5) is 1.86. The highest BCUT2D eigenvalue weighted by molar-refractivity contribution is 5.48. The fourth-order valence-electron chi connectivity index (χ4n) is 2.62. The van der Waals surface area contributed by atoms with Crippen molar-refractivity contribution >= 4 is 5.69 Å². The van der Waals surface area contributed by atoms with Gasteiger partial charge >= 0.3 is 0 Å². The van der Waals surface area contributed by atoms with Gasteiger partial charge in [0.1, 0.15) is 5.82 Å². The van der Waals surface area contributed by atoms with Gasteiger partial charge in [-0.25, -0.2) is 4.39 Å². The second kappa shape index (κ2) is 6.72. The van der Waals surface area contributed by atoms with Crippen LogP contribution in [0.1, 0.15) is 29.7 Å². The Labute approximate surface area is 125 Å². The molecular weight excluding hydrogens is 265 g/mol. The van der Waals surface area contributed by atoms with Gasteiger partial charge in [-0.05, 0) is 38.5 Å².